The first kappa shape index (κ1) is 18.1. The van der Waals surface area contributed by atoms with Gasteiger partial charge in [-0.1, -0.05) is 18.2 Å². The van der Waals surface area contributed by atoms with Gasteiger partial charge >= 0.3 is 0 Å². The normalized spacial score (nSPS) is 24.7. The lowest BCUT2D eigenvalue weighted by molar-refractivity contribution is -0.0814. The monoisotopic (exact) mass is 370 g/mol. The number of ether oxygens (including phenoxy) is 2. The second-order valence-corrected chi connectivity index (χ2v) is 7.10. The average molecular weight is 370 g/mol. The molecule has 0 unspecified atom stereocenters. The summed E-state index contributed by atoms with van der Waals surface area (Å²) in [7, 11) is 0. The number of hydrogen-bond acceptors (Lipinski definition) is 4. The van der Waals surface area contributed by atoms with E-state index in [1.165, 1.54) is 6.07 Å². The van der Waals surface area contributed by atoms with Gasteiger partial charge in [-0.05, 0) is 43.5 Å². The van der Waals surface area contributed by atoms with Gasteiger partial charge in [0, 0.05) is 12.8 Å². The van der Waals surface area contributed by atoms with Crippen LogP contribution in [0.2, 0.25) is 0 Å². The van der Waals surface area contributed by atoms with Gasteiger partial charge in [0.2, 0.25) is 0 Å². The minimum absolute atomic E-state index is 0.0843. The van der Waals surface area contributed by atoms with Crippen LogP contribution in [0.15, 0.2) is 42.6 Å². The van der Waals surface area contributed by atoms with E-state index in [1.807, 2.05) is 18.2 Å². The number of pyridine rings is 1. The molecule has 0 radical (unpaired) electrons. The van der Waals surface area contributed by atoms with E-state index in [1.54, 1.807) is 30.2 Å². The van der Waals surface area contributed by atoms with Crippen LogP contribution in [0.4, 0.5) is 4.39 Å². The van der Waals surface area contributed by atoms with Crippen LogP contribution in [0.25, 0.3) is 0 Å². The highest BCUT2D eigenvalue weighted by Crippen LogP contribution is 2.33. The van der Waals surface area contributed by atoms with Crippen LogP contribution in [-0.4, -0.2) is 47.2 Å². The maximum Gasteiger partial charge on any atom is 0.257 e. The zero-order valence-corrected chi connectivity index (χ0v) is 15.3. The van der Waals surface area contributed by atoms with E-state index < -0.39 is 5.82 Å². The Hall–Kier alpha value is -2.31. The largest absolute Gasteiger partial charge is 0.373 e. The van der Waals surface area contributed by atoms with Crippen molar-refractivity contribution in [3.05, 3.63) is 65.2 Å². The Morgan fingerprint density at radius 3 is 3.00 bits per heavy atom. The topological polar surface area (TPSA) is 51.7 Å². The molecule has 2 aliphatic heterocycles. The van der Waals surface area contributed by atoms with E-state index in [-0.39, 0.29) is 29.7 Å². The average Bonchev–Trinajstić information content (AvgIpc) is 3.06. The smallest absolute Gasteiger partial charge is 0.257 e. The van der Waals surface area contributed by atoms with Crippen molar-refractivity contribution in [2.45, 2.75) is 44.6 Å². The lowest BCUT2D eigenvalue weighted by atomic mass is 10.0. The van der Waals surface area contributed by atoms with Crippen molar-refractivity contribution < 1.29 is 18.7 Å². The van der Waals surface area contributed by atoms with Crippen LogP contribution in [-0.2, 0) is 16.1 Å². The first-order chi connectivity index (χ1) is 13.1. The molecule has 0 N–H and O–H groups in total. The van der Waals surface area contributed by atoms with Crippen molar-refractivity contribution in [2.24, 2.45) is 0 Å². The Morgan fingerprint density at radius 2 is 2.22 bits per heavy atom. The fourth-order valence-corrected chi connectivity index (χ4v) is 4.01. The highest BCUT2D eigenvalue weighted by Gasteiger charge is 2.47. The molecule has 2 fully saturated rings. The SMILES string of the molecule is Cc1cccc(F)c1C(=O)N1C[C@H](OCc2ccccn2)[C@H]2OCCC[C@H]21. The molecule has 5 nitrogen and oxygen atoms in total. The number of nitrogens with zero attached hydrogens (tertiary/aromatic N) is 2. The van der Waals surface area contributed by atoms with E-state index >= 15 is 0 Å². The summed E-state index contributed by atoms with van der Waals surface area (Å²) >= 11 is 0. The quantitative estimate of drug-likeness (QED) is 0.830. The third-order valence-corrected chi connectivity index (χ3v) is 5.35. The fraction of sp³-hybridized carbons (Fsp3) is 0.429. The Kier molecular flexibility index (Phi) is 5.18. The first-order valence-electron chi connectivity index (χ1n) is 9.34. The van der Waals surface area contributed by atoms with Gasteiger partial charge in [0.05, 0.1) is 30.5 Å². The predicted molar refractivity (Wildman–Crippen MR) is 97.7 cm³/mol. The number of fused-ring (bicyclic) bond motifs is 1. The summed E-state index contributed by atoms with van der Waals surface area (Å²) in [6.45, 7) is 3.18. The standard InChI is InChI=1S/C21H23FN2O3/c1-14-6-4-8-16(22)19(14)21(25)24-12-18(20-17(24)9-5-11-26-20)27-13-15-7-2-3-10-23-15/h2-4,6-8,10,17-18,20H,5,9,11-13H2,1H3/t17-,18+,20+/m1/s1. The van der Waals surface area contributed by atoms with Gasteiger partial charge in [-0.25, -0.2) is 4.39 Å². The molecular weight excluding hydrogens is 347 g/mol. The van der Waals surface area contributed by atoms with Gasteiger partial charge in [-0.3, -0.25) is 9.78 Å². The lowest BCUT2D eigenvalue weighted by Crippen LogP contribution is -2.44. The molecule has 2 saturated heterocycles. The molecule has 142 valence electrons. The molecule has 3 atom stereocenters. The number of hydrogen-bond donors (Lipinski definition) is 0. The van der Waals surface area contributed by atoms with Gasteiger partial charge in [-0.15, -0.1) is 0 Å². The highest BCUT2D eigenvalue weighted by molar-refractivity contribution is 5.96. The molecule has 4 rings (SSSR count). The van der Waals surface area contributed by atoms with Crippen molar-refractivity contribution >= 4 is 5.91 Å². The molecular formula is C21H23FN2O3. The van der Waals surface area contributed by atoms with Crippen LogP contribution in [0, 0.1) is 12.7 Å². The summed E-state index contributed by atoms with van der Waals surface area (Å²) in [6, 6.07) is 10.3. The molecule has 2 aliphatic rings. The molecule has 1 aromatic heterocycles. The number of rotatable bonds is 4. The van der Waals surface area contributed by atoms with Crippen LogP contribution >= 0.6 is 0 Å². The number of halogens is 1. The van der Waals surface area contributed by atoms with Crippen LogP contribution in [0.5, 0.6) is 0 Å². The Morgan fingerprint density at radius 1 is 1.33 bits per heavy atom. The van der Waals surface area contributed by atoms with E-state index in [4.69, 9.17) is 9.47 Å². The van der Waals surface area contributed by atoms with Crippen molar-refractivity contribution in [3.63, 3.8) is 0 Å². The van der Waals surface area contributed by atoms with Crippen molar-refractivity contribution in [2.75, 3.05) is 13.2 Å². The predicted octanol–water partition coefficient (Wildman–Crippen LogP) is 3.12. The van der Waals surface area contributed by atoms with Gasteiger partial charge in [0.15, 0.2) is 0 Å². The molecule has 2 aromatic rings. The van der Waals surface area contributed by atoms with Crippen molar-refractivity contribution in [1.82, 2.24) is 9.88 Å². The van der Waals surface area contributed by atoms with E-state index in [2.05, 4.69) is 4.98 Å². The summed E-state index contributed by atoms with van der Waals surface area (Å²) in [4.78, 5) is 19.1. The molecule has 1 aromatic carbocycles. The number of amides is 1. The number of aromatic nitrogens is 1. The molecule has 3 heterocycles. The van der Waals surface area contributed by atoms with Gasteiger partial charge in [-0.2, -0.15) is 0 Å². The zero-order valence-electron chi connectivity index (χ0n) is 15.3. The van der Waals surface area contributed by atoms with Gasteiger partial charge < -0.3 is 14.4 Å². The minimum atomic E-state index is -0.480. The Labute approximate surface area is 158 Å². The van der Waals surface area contributed by atoms with E-state index in [0.29, 0.717) is 25.3 Å². The minimum Gasteiger partial charge on any atom is -0.373 e. The van der Waals surface area contributed by atoms with E-state index in [0.717, 1.165) is 18.5 Å². The summed E-state index contributed by atoms with van der Waals surface area (Å²) in [5, 5.41) is 0. The van der Waals surface area contributed by atoms with Crippen LogP contribution < -0.4 is 0 Å². The van der Waals surface area contributed by atoms with Crippen molar-refractivity contribution in [1.29, 1.82) is 0 Å². The second kappa shape index (κ2) is 7.74. The molecule has 1 amide bonds. The molecule has 27 heavy (non-hydrogen) atoms. The number of carbonyl (C=O) groups is 1. The van der Waals surface area contributed by atoms with Crippen LogP contribution in [0.3, 0.4) is 0 Å². The molecule has 0 saturated carbocycles. The number of aryl methyl sites for hydroxylation is 1. The summed E-state index contributed by atoms with van der Waals surface area (Å²) in [5.74, 6) is -0.763. The Balaban J connectivity index is 1.54. The maximum atomic E-state index is 14.3. The van der Waals surface area contributed by atoms with Crippen LogP contribution in [0.1, 0.15) is 34.5 Å². The summed E-state index contributed by atoms with van der Waals surface area (Å²) < 4.78 is 26.3. The number of benzene rings is 1. The summed E-state index contributed by atoms with van der Waals surface area (Å²) in [5.41, 5.74) is 1.62. The second-order valence-electron chi connectivity index (χ2n) is 7.10. The highest BCUT2D eigenvalue weighted by atomic mass is 19.1. The van der Waals surface area contributed by atoms with Crippen molar-refractivity contribution in [3.8, 4) is 0 Å². The molecule has 6 heteroatoms. The van der Waals surface area contributed by atoms with Gasteiger partial charge in [0.1, 0.15) is 18.0 Å². The zero-order chi connectivity index (χ0) is 18.8. The molecule has 0 bridgehead atoms. The maximum absolute atomic E-state index is 14.3. The molecule has 0 aliphatic carbocycles. The Bertz CT molecular complexity index is 794. The summed E-state index contributed by atoms with van der Waals surface area (Å²) in [6.07, 6.45) is 3.03. The van der Waals surface area contributed by atoms with Gasteiger partial charge in [0.25, 0.3) is 5.91 Å². The third kappa shape index (κ3) is 3.59. The number of carbonyl (C=O) groups excluding carboxylic acids is 1. The lowest BCUT2D eigenvalue weighted by Gasteiger charge is -2.32. The number of likely N-dealkylation sites (tertiary alicyclic amines) is 1. The van der Waals surface area contributed by atoms with E-state index in [9.17, 15) is 9.18 Å². The molecule has 0 spiro atoms. The first-order valence-corrected chi connectivity index (χ1v) is 9.34. The fourth-order valence-electron chi connectivity index (χ4n) is 4.01. The third-order valence-electron chi connectivity index (χ3n) is 5.35.